The molecular weight excluding hydrogens is 304 g/mol. The molecular formula is C18H18N4O2. The Morgan fingerprint density at radius 3 is 2.79 bits per heavy atom. The molecule has 0 unspecified atom stereocenters. The summed E-state index contributed by atoms with van der Waals surface area (Å²) < 4.78 is 7.71. The molecule has 1 saturated heterocycles. The lowest BCUT2D eigenvalue weighted by atomic mass is 10.1. The first-order valence-electron chi connectivity index (χ1n) is 7.94. The minimum absolute atomic E-state index is 0.0300. The third-order valence-corrected chi connectivity index (χ3v) is 4.30. The zero-order valence-electron chi connectivity index (χ0n) is 13.6. The molecule has 6 heteroatoms. The fourth-order valence-electron chi connectivity index (χ4n) is 2.95. The first-order chi connectivity index (χ1) is 11.6. The van der Waals surface area contributed by atoms with E-state index in [2.05, 4.69) is 9.97 Å². The molecule has 6 nitrogen and oxygen atoms in total. The SMILES string of the molecule is Cc1ccccc1OC1CN(C(=O)c2c(C)nc3ncccn23)C1. The lowest BCUT2D eigenvalue weighted by Crippen LogP contribution is -2.56. The van der Waals surface area contributed by atoms with E-state index in [1.54, 1.807) is 21.6 Å². The maximum atomic E-state index is 12.8. The molecule has 1 aliphatic rings. The second kappa shape index (κ2) is 5.63. The van der Waals surface area contributed by atoms with Gasteiger partial charge in [-0.05, 0) is 31.5 Å². The molecule has 1 aliphatic heterocycles. The van der Waals surface area contributed by atoms with Crippen molar-refractivity contribution in [1.82, 2.24) is 19.3 Å². The van der Waals surface area contributed by atoms with Crippen LogP contribution >= 0.6 is 0 Å². The van der Waals surface area contributed by atoms with Gasteiger partial charge in [0.1, 0.15) is 17.5 Å². The van der Waals surface area contributed by atoms with E-state index in [0.29, 0.717) is 30.3 Å². The zero-order chi connectivity index (χ0) is 16.7. The van der Waals surface area contributed by atoms with E-state index in [1.165, 1.54) is 0 Å². The summed E-state index contributed by atoms with van der Waals surface area (Å²) in [6, 6.07) is 9.72. The van der Waals surface area contributed by atoms with E-state index in [0.717, 1.165) is 11.3 Å². The van der Waals surface area contributed by atoms with Crippen LogP contribution in [0.2, 0.25) is 0 Å². The number of hydrogen-bond donors (Lipinski definition) is 0. The van der Waals surface area contributed by atoms with Gasteiger partial charge < -0.3 is 9.64 Å². The Morgan fingerprint density at radius 1 is 1.21 bits per heavy atom. The molecule has 0 radical (unpaired) electrons. The lowest BCUT2D eigenvalue weighted by molar-refractivity contribution is 0.0169. The second-order valence-corrected chi connectivity index (χ2v) is 6.05. The summed E-state index contributed by atoms with van der Waals surface area (Å²) in [6.45, 7) is 5.02. The van der Waals surface area contributed by atoms with Gasteiger partial charge in [0.05, 0.1) is 18.8 Å². The molecule has 0 bridgehead atoms. The number of carbonyl (C=O) groups excluding carboxylic acids is 1. The van der Waals surface area contributed by atoms with Gasteiger partial charge in [-0.3, -0.25) is 9.20 Å². The van der Waals surface area contributed by atoms with Crippen LogP contribution in [0, 0.1) is 13.8 Å². The van der Waals surface area contributed by atoms with Crippen molar-refractivity contribution in [3.05, 3.63) is 59.7 Å². The van der Waals surface area contributed by atoms with Crippen LogP contribution < -0.4 is 4.74 Å². The average Bonchev–Trinajstić information content (AvgIpc) is 2.87. The fraction of sp³-hybridized carbons (Fsp3) is 0.278. The Bertz CT molecular complexity index is 912. The van der Waals surface area contributed by atoms with Crippen LogP contribution in [0.4, 0.5) is 0 Å². The van der Waals surface area contributed by atoms with Crippen molar-refractivity contribution < 1.29 is 9.53 Å². The first kappa shape index (κ1) is 14.7. The van der Waals surface area contributed by atoms with Crippen molar-refractivity contribution in [2.24, 2.45) is 0 Å². The maximum absolute atomic E-state index is 12.8. The molecule has 24 heavy (non-hydrogen) atoms. The highest BCUT2D eigenvalue weighted by atomic mass is 16.5. The van der Waals surface area contributed by atoms with Gasteiger partial charge in [0.25, 0.3) is 5.91 Å². The summed E-state index contributed by atoms with van der Waals surface area (Å²) in [5.41, 5.74) is 2.38. The molecule has 3 heterocycles. The number of likely N-dealkylation sites (tertiary alicyclic amines) is 1. The van der Waals surface area contributed by atoms with Crippen LogP contribution in [-0.2, 0) is 0 Å². The smallest absolute Gasteiger partial charge is 0.273 e. The summed E-state index contributed by atoms with van der Waals surface area (Å²) in [5, 5.41) is 0. The monoisotopic (exact) mass is 322 g/mol. The number of amides is 1. The van der Waals surface area contributed by atoms with E-state index in [4.69, 9.17) is 4.74 Å². The van der Waals surface area contributed by atoms with Crippen LogP contribution in [0.25, 0.3) is 5.78 Å². The van der Waals surface area contributed by atoms with Crippen molar-refractivity contribution >= 4 is 11.7 Å². The van der Waals surface area contributed by atoms with Crippen LogP contribution in [0.15, 0.2) is 42.7 Å². The van der Waals surface area contributed by atoms with Gasteiger partial charge >= 0.3 is 0 Å². The number of nitrogens with zero attached hydrogens (tertiary/aromatic N) is 4. The number of aryl methyl sites for hydroxylation is 2. The molecule has 0 spiro atoms. The Balaban J connectivity index is 1.48. The van der Waals surface area contributed by atoms with E-state index in [1.807, 2.05) is 44.3 Å². The van der Waals surface area contributed by atoms with Crippen molar-refractivity contribution in [1.29, 1.82) is 0 Å². The number of para-hydroxylation sites is 1. The topological polar surface area (TPSA) is 59.7 Å². The number of imidazole rings is 1. The normalized spacial score (nSPS) is 14.7. The Kier molecular flexibility index (Phi) is 3.45. The van der Waals surface area contributed by atoms with Gasteiger partial charge in [-0.15, -0.1) is 0 Å². The summed E-state index contributed by atoms with van der Waals surface area (Å²) in [4.78, 5) is 23.1. The lowest BCUT2D eigenvalue weighted by Gasteiger charge is -2.39. The van der Waals surface area contributed by atoms with Gasteiger partial charge in [0, 0.05) is 12.4 Å². The Labute approximate surface area is 139 Å². The molecule has 0 N–H and O–H groups in total. The number of hydrogen-bond acceptors (Lipinski definition) is 4. The third-order valence-electron chi connectivity index (χ3n) is 4.30. The van der Waals surface area contributed by atoms with Gasteiger partial charge in [0.15, 0.2) is 0 Å². The molecule has 1 fully saturated rings. The molecule has 1 amide bonds. The number of benzene rings is 1. The highest BCUT2D eigenvalue weighted by Gasteiger charge is 2.35. The number of carbonyl (C=O) groups is 1. The minimum atomic E-state index is -0.0300. The van der Waals surface area contributed by atoms with Crippen molar-refractivity contribution in [2.45, 2.75) is 20.0 Å². The molecule has 3 aromatic rings. The predicted octanol–water partition coefficient (Wildman–Crippen LogP) is 2.25. The van der Waals surface area contributed by atoms with Crippen LogP contribution in [0.5, 0.6) is 5.75 Å². The van der Waals surface area contributed by atoms with E-state index in [-0.39, 0.29) is 12.0 Å². The molecule has 122 valence electrons. The van der Waals surface area contributed by atoms with Gasteiger partial charge in [0.2, 0.25) is 5.78 Å². The molecule has 1 aromatic carbocycles. The highest BCUT2D eigenvalue weighted by molar-refractivity contribution is 5.95. The van der Waals surface area contributed by atoms with Gasteiger partial charge in [-0.1, -0.05) is 18.2 Å². The van der Waals surface area contributed by atoms with E-state index >= 15 is 0 Å². The molecule has 0 aliphatic carbocycles. The first-order valence-corrected chi connectivity index (χ1v) is 7.94. The summed E-state index contributed by atoms with van der Waals surface area (Å²) in [5.74, 6) is 1.40. The summed E-state index contributed by atoms with van der Waals surface area (Å²) >= 11 is 0. The standard InChI is InChI=1S/C18H18N4O2/c1-12-6-3-4-7-15(12)24-14-10-21(11-14)17(23)16-13(2)20-18-19-8-5-9-22(16)18/h3-9,14H,10-11H2,1-2H3. The minimum Gasteiger partial charge on any atom is -0.486 e. The summed E-state index contributed by atoms with van der Waals surface area (Å²) in [7, 11) is 0. The Morgan fingerprint density at radius 2 is 2.00 bits per heavy atom. The third kappa shape index (κ3) is 2.40. The average molecular weight is 322 g/mol. The van der Waals surface area contributed by atoms with Crippen molar-refractivity contribution in [3.8, 4) is 5.75 Å². The highest BCUT2D eigenvalue weighted by Crippen LogP contribution is 2.23. The number of aromatic nitrogens is 3. The van der Waals surface area contributed by atoms with Crippen LogP contribution in [0.1, 0.15) is 21.7 Å². The molecule has 2 aromatic heterocycles. The maximum Gasteiger partial charge on any atom is 0.273 e. The summed E-state index contributed by atoms with van der Waals surface area (Å²) in [6.07, 6.45) is 3.52. The van der Waals surface area contributed by atoms with E-state index in [9.17, 15) is 4.79 Å². The number of fused-ring (bicyclic) bond motifs is 1. The second-order valence-electron chi connectivity index (χ2n) is 6.05. The van der Waals surface area contributed by atoms with Gasteiger partial charge in [-0.25, -0.2) is 9.97 Å². The molecule has 0 saturated carbocycles. The van der Waals surface area contributed by atoms with Crippen molar-refractivity contribution in [3.63, 3.8) is 0 Å². The quantitative estimate of drug-likeness (QED) is 0.742. The van der Waals surface area contributed by atoms with Crippen LogP contribution in [0.3, 0.4) is 0 Å². The van der Waals surface area contributed by atoms with Gasteiger partial charge in [-0.2, -0.15) is 0 Å². The number of ether oxygens (including phenoxy) is 1. The number of rotatable bonds is 3. The molecule has 0 atom stereocenters. The van der Waals surface area contributed by atoms with Crippen molar-refractivity contribution in [2.75, 3.05) is 13.1 Å². The fourth-order valence-corrected chi connectivity index (χ4v) is 2.95. The molecule has 4 rings (SSSR count). The van der Waals surface area contributed by atoms with E-state index < -0.39 is 0 Å². The Hall–Kier alpha value is -2.89. The van der Waals surface area contributed by atoms with Crippen LogP contribution in [-0.4, -0.2) is 44.4 Å². The predicted molar refractivity (Wildman–Crippen MR) is 89.2 cm³/mol. The zero-order valence-corrected chi connectivity index (χ0v) is 13.6. The largest absolute Gasteiger partial charge is 0.486 e.